The summed E-state index contributed by atoms with van der Waals surface area (Å²) in [4.78, 5) is 22.9. The van der Waals surface area contributed by atoms with Crippen molar-refractivity contribution < 1.29 is 19.8 Å². The average Bonchev–Trinajstić information content (AvgIpc) is 2.78. The van der Waals surface area contributed by atoms with E-state index in [-0.39, 0.29) is 5.75 Å². The molecule has 0 aromatic rings. The molecular formula is C25H44N2O4S. The van der Waals surface area contributed by atoms with E-state index in [2.05, 4.69) is 43.2 Å². The molecule has 0 saturated carbocycles. The van der Waals surface area contributed by atoms with Gasteiger partial charge in [-0.15, -0.1) is 0 Å². The summed E-state index contributed by atoms with van der Waals surface area (Å²) in [5.74, 6) is -1.37. The SMILES string of the molecule is CCCCCCCCC=CC=CC=C[C@H](NC(CS)C(=O)NCC(=O)O)[C@H](O)CCCC. The highest BCUT2D eigenvalue weighted by atomic mass is 32.1. The standard InChI is InChI=1S/C25H44N2O4S/c1-3-5-7-8-9-10-11-12-13-14-15-16-17-21(23(28)18-6-4-2)27-22(20-32)25(31)26-19-24(29)30/h12-17,21-23,27-28,32H,3-11,18-20H2,1-2H3,(H,26,31)(H,29,30)/t21-,22?,23+/m0/s1. The highest BCUT2D eigenvalue weighted by Crippen LogP contribution is 2.09. The van der Waals surface area contributed by atoms with Crippen molar-refractivity contribution in [2.45, 2.75) is 96.2 Å². The number of aliphatic hydroxyl groups is 1. The fourth-order valence-electron chi connectivity index (χ4n) is 3.15. The fourth-order valence-corrected chi connectivity index (χ4v) is 3.42. The lowest BCUT2D eigenvalue weighted by molar-refractivity contribution is -0.138. The van der Waals surface area contributed by atoms with E-state index in [0.29, 0.717) is 6.42 Å². The van der Waals surface area contributed by atoms with Crippen molar-refractivity contribution in [1.82, 2.24) is 10.6 Å². The van der Waals surface area contributed by atoms with E-state index in [4.69, 9.17) is 5.11 Å². The number of hydrogen-bond acceptors (Lipinski definition) is 5. The molecule has 4 N–H and O–H groups in total. The van der Waals surface area contributed by atoms with Crippen LogP contribution in [0.3, 0.4) is 0 Å². The summed E-state index contributed by atoms with van der Waals surface area (Å²) in [6.07, 6.45) is 22.4. The Morgan fingerprint density at radius 1 is 0.938 bits per heavy atom. The average molecular weight is 469 g/mol. The molecule has 6 nitrogen and oxygen atoms in total. The van der Waals surface area contributed by atoms with Gasteiger partial charge in [0.05, 0.1) is 18.2 Å². The van der Waals surface area contributed by atoms with E-state index in [1.54, 1.807) is 0 Å². The van der Waals surface area contributed by atoms with Gasteiger partial charge >= 0.3 is 5.97 Å². The Kier molecular flexibility index (Phi) is 20.2. The molecule has 0 aliphatic heterocycles. The van der Waals surface area contributed by atoms with Crippen LogP contribution in [0.15, 0.2) is 36.5 Å². The quantitative estimate of drug-likeness (QED) is 0.104. The lowest BCUT2D eigenvalue weighted by atomic mass is 10.0. The summed E-state index contributed by atoms with van der Waals surface area (Å²) in [6.45, 7) is 3.84. The number of aliphatic carboxylic acids is 1. The van der Waals surface area contributed by atoms with Crippen molar-refractivity contribution in [3.05, 3.63) is 36.5 Å². The molecule has 0 saturated heterocycles. The first-order valence-corrected chi connectivity index (χ1v) is 12.6. The third-order valence-corrected chi connectivity index (χ3v) is 5.45. The van der Waals surface area contributed by atoms with Crippen LogP contribution in [0.25, 0.3) is 0 Å². The molecule has 1 unspecified atom stereocenters. The Bertz CT molecular complexity index is 578. The monoisotopic (exact) mass is 468 g/mol. The van der Waals surface area contributed by atoms with Gasteiger partial charge in [0.15, 0.2) is 0 Å². The van der Waals surface area contributed by atoms with Crippen molar-refractivity contribution in [3.8, 4) is 0 Å². The number of thiol groups is 1. The molecule has 0 aromatic carbocycles. The van der Waals surface area contributed by atoms with Crippen LogP contribution in [-0.2, 0) is 9.59 Å². The van der Waals surface area contributed by atoms with Crippen LogP contribution < -0.4 is 10.6 Å². The van der Waals surface area contributed by atoms with Crippen LogP contribution in [0.5, 0.6) is 0 Å². The first-order valence-electron chi connectivity index (χ1n) is 12.0. The van der Waals surface area contributed by atoms with Gasteiger partial charge in [0, 0.05) is 5.75 Å². The Labute approximate surface area is 200 Å². The highest BCUT2D eigenvalue weighted by Gasteiger charge is 2.24. The van der Waals surface area contributed by atoms with Gasteiger partial charge in [0.2, 0.25) is 5.91 Å². The zero-order valence-electron chi connectivity index (χ0n) is 19.8. The van der Waals surface area contributed by atoms with Crippen molar-refractivity contribution in [3.63, 3.8) is 0 Å². The molecule has 184 valence electrons. The third-order valence-electron chi connectivity index (χ3n) is 5.09. The number of amides is 1. The second kappa shape index (κ2) is 21.3. The number of carboxylic acids is 1. The van der Waals surface area contributed by atoms with Gasteiger partial charge < -0.3 is 15.5 Å². The van der Waals surface area contributed by atoms with Crippen LogP contribution in [0.1, 0.15) is 78.1 Å². The first-order chi connectivity index (χ1) is 15.5. The molecule has 7 heteroatoms. The molecule has 0 aromatic heterocycles. The summed E-state index contributed by atoms with van der Waals surface area (Å²) in [7, 11) is 0. The molecule has 3 atom stereocenters. The second-order valence-electron chi connectivity index (χ2n) is 8.00. The van der Waals surface area contributed by atoms with E-state index in [9.17, 15) is 14.7 Å². The van der Waals surface area contributed by atoms with Gasteiger partial charge in [-0.2, -0.15) is 12.6 Å². The summed E-state index contributed by atoms with van der Waals surface area (Å²) < 4.78 is 0. The Balaban J connectivity index is 4.67. The Hall–Kier alpha value is -1.57. The maximum Gasteiger partial charge on any atom is 0.322 e. The minimum atomic E-state index is -1.11. The van der Waals surface area contributed by atoms with Gasteiger partial charge in [0.25, 0.3) is 0 Å². The molecule has 32 heavy (non-hydrogen) atoms. The van der Waals surface area contributed by atoms with Crippen molar-refractivity contribution in [1.29, 1.82) is 0 Å². The zero-order valence-corrected chi connectivity index (χ0v) is 20.7. The lowest BCUT2D eigenvalue weighted by Crippen LogP contribution is -2.53. The van der Waals surface area contributed by atoms with Crippen molar-refractivity contribution >= 4 is 24.5 Å². The minimum Gasteiger partial charge on any atom is -0.480 e. The van der Waals surface area contributed by atoms with Crippen LogP contribution in [0, 0.1) is 0 Å². The molecule has 0 spiro atoms. The fraction of sp³-hybridized carbons (Fsp3) is 0.680. The smallest absolute Gasteiger partial charge is 0.322 e. The Morgan fingerprint density at radius 2 is 1.59 bits per heavy atom. The molecule has 0 radical (unpaired) electrons. The van der Waals surface area contributed by atoms with Gasteiger partial charge in [-0.1, -0.05) is 95.2 Å². The van der Waals surface area contributed by atoms with E-state index in [0.717, 1.165) is 19.3 Å². The maximum absolute atomic E-state index is 12.2. The number of nitrogens with one attached hydrogen (secondary N) is 2. The maximum atomic E-state index is 12.2. The van der Waals surface area contributed by atoms with Crippen LogP contribution in [0.2, 0.25) is 0 Å². The summed E-state index contributed by atoms with van der Waals surface area (Å²) in [5.41, 5.74) is 0. The van der Waals surface area contributed by atoms with E-state index in [1.165, 1.54) is 38.5 Å². The number of carbonyl (C=O) groups is 2. The summed E-state index contributed by atoms with van der Waals surface area (Å²) >= 11 is 4.20. The van der Waals surface area contributed by atoms with Crippen molar-refractivity contribution in [2.24, 2.45) is 0 Å². The van der Waals surface area contributed by atoms with E-state index < -0.39 is 36.6 Å². The molecule has 0 bridgehead atoms. The van der Waals surface area contributed by atoms with Gasteiger partial charge in [-0.05, 0) is 19.3 Å². The molecule has 0 aliphatic carbocycles. The number of hydrogen-bond donors (Lipinski definition) is 5. The predicted molar refractivity (Wildman–Crippen MR) is 136 cm³/mol. The number of rotatable bonds is 20. The van der Waals surface area contributed by atoms with Crippen LogP contribution >= 0.6 is 12.6 Å². The van der Waals surface area contributed by atoms with Crippen LogP contribution in [-0.4, -0.2) is 52.6 Å². The number of carbonyl (C=O) groups excluding carboxylic acids is 1. The molecule has 1 amide bonds. The van der Waals surface area contributed by atoms with E-state index >= 15 is 0 Å². The Morgan fingerprint density at radius 3 is 2.25 bits per heavy atom. The highest BCUT2D eigenvalue weighted by molar-refractivity contribution is 7.80. The molecular weight excluding hydrogens is 424 g/mol. The minimum absolute atomic E-state index is 0.188. The molecule has 0 rings (SSSR count). The van der Waals surface area contributed by atoms with Gasteiger partial charge in [-0.3, -0.25) is 14.9 Å². The lowest BCUT2D eigenvalue weighted by Gasteiger charge is -2.26. The summed E-state index contributed by atoms with van der Waals surface area (Å²) in [6, 6.07) is -1.14. The first kappa shape index (κ1) is 30.4. The zero-order chi connectivity index (χ0) is 24.0. The molecule has 0 fully saturated rings. The number of unbranched alkanes of at least 4 members (excludes halogenated alkanes) is 7. The number of aliphatic hydroxyl groups excluding tert-OH is 1. The van der Waals surface area contributed by atoms with Gasteiger partial charge in [0.1, 0.15) is 6.54 Å². The van der Waals surface area contributed by atoms with Gasteiger partial charge in [-0.25, -0.2) is 0 Å². The normalized spacial score (nSPS) is 14.9. The van der Waals surface area contributed by atoms with Crippen molar-refractivity contribution in [2.75, 3.05) is 12.3 Å². The largest absolute Gasteiger partial charge is 0.480 e. The topological polar surface area (TPSA) is 98.7 Å². The third kappa shape index (κ3) is 17.0. The summed E-state index contributed by atoms with van der Waals surface area (Å²) in [5, 5.41) is 24.8. The number of carboxylic acid groups (broad SMARTS) is 1. The molecule has 0 aliphatic rings. The van der Waals surface area contributed by atoms with Crippen LogP contribution in [0.4, 0.5) is 0 Å². The van der Waals surface area contributed by atoms with E-state index in [1.807, 2.05) is 30.4 Å². The number of allylic oxidation sites excluding steroid dienone is 5. The predicted octanol–water partition coefficient (Wildman–Crippen LogP) is 4.41. The molecule has 0 heterocycles. The second-order valence-corrected chi connectivity index (χ2v) is 8.37.